The maximum absolute atomic E-state index is 11.9. The molecule has 1 rings (SSSR count). The molecule has 0 spiro atoms. The number of hydrogen-bond acceptors (Lipinski definition) is 4. The molecule has 88 valence electrons. The van der Waals surface area contributed by atoms with Crippen LogP contribution in [0.1, 0.15) is 27.2 Å². The van der Waals surface area contributed by atoms with E-state index in [-0.39, 0.29) is 6.04 Å². The first kappa shape index (κ1) is 12.4. The number of carbonyl (C=O) groups excluding carboxylic acids is 1. The summed E-state index contributed by atoms with van der Waals surface area (Å²) in [7, 11) is -2.45. The molecule has 2 unspecified atom stereocenters. The molecule has 1 aliphatic heterocycles. The molecule has 1 saturated heterocycles. The SMILES string of the molecule is CC(C)(C)OC(=O)N=S1(=O)CCC(N)C1. The Morgan fingerprint density at radius 2 is 2.13 bits per heavy atom. The van der Waals surface area contributed by atoms with Crippen LogP contribution in [0, 0.1) is 0 Å². The van der Waals surface area contributed by atoms with Gasteiger partial charge >= 0.3 is 6.09 Å². The average Bonchev–Trinajstić information content (AvgIpc) is 2.25. The summed E-state index contributed by atoms with van der Waals surface area (Å²) in [5.41, 5.74) is 5.02. The van der Waals surface area contributed by atoms with Crippen molar-refractivity contribution < 1.29 is 13.7 Å². The fraction of sp³-hybridized carbons (Fsp3) is 0.889. The van der Waals surface area contributed by atoms with Gasteiger partial charge in [0.25, 0.3) is 0 Å². The highest BCUT2D eigenvalue weighted by molar-refractivity contribution is 7.94. The van der Waals surface area contributed by atoms with Gasteiger partial charge < -0.3 is 10.5 Å². The van der Waals surface area contributed by atoms with E-state index in [4.69, 9.17) is 10.5 Å². The fourth-order valence-electron chi connectivity index (χ4n) is 1.34. The van der Waals surface area contributed by atoms with Crippen molar-refractivity contribution in [2.24, 2.45) is 10.1 Å². The van der Waals surface area contributed by atoms with Crippen LogP contribution in [-0.2, 0) is 14.5 Å². The summed E-state index contributed by atoms with van der Waals surface area (Å²) in [6.07, 6.45) is -0.0907. The van der Waals surface area contributed by atoms with Gasteiger partial charge in [-0.05, 0) is 27.2 Å². The number of hydrogen-bond donors (Lipinski definition) is 1. The third kappa shape index (κ3) is 4.17. The minimum Gasteiger partial charge on any atom is -0.442 e. The number of nitrogens with zero attached hydrogens (tertiary/aromatic N) is 1. The van der Waals surface area contributed by atoms with Gasteiger partial charge in [0.05, 0.1) is 9.73 Å². The summed E-state index contributed by atoms with van der Waals surface area (Å²) in [4.78, 5) is 11.3. The second-order valence-electron chi connectivity index (χ2n) is 4.76. The molecule has 2 N–H and O–H groups in total. The van der Waals surface area contributed by atoms with E-state index < -0.39 is 21.4 Å². The summed E-state index contributed by atoms with van der Waals surface area (Å²) in [6.45, 7) is 5.23. The quantitative estimate of drug-likeness (QED) is 0.681. The summed E-state index contributed by atoms with van der Waals surface area (Å²) in [6, 6.07) is -0.108. The van der Waals surface area contributed by atoms with Crippen molar-refractivity contribution in [2.75, 3.05) is 11.5 Å². The van der Waals surface area contributed by atoms with Crippen molar-refractivity contribution in [2.45, 2.75) is 38.8 Å². The summed E-state index contributed by atoms with van der Waals surface area (Å²) in [5, 5.41) is 0. The molecule has 2 atom stereocenters. The average molecular weight is 234 g/mol. The Morgan fingerprint density at radius 1 is 1.53 bits per heavy atom. The number of amides is 1. The van der Waals surface area contributed by atoms with Crippen LogP contribution < -0.4 is 5.73 Å². The lowest BCUT2D eigenvalue weighted by Gasteiger charge is -2.17. The molecular formula is C9H18N2O3S. The summed E-state index contributed by atoms with van der Waals surface area (Å²) < 4.78 is 20.5. The van der Waals surface area contributed by atoms with Crippen LogP contribution in [0.5, 0.6) is 0 Å². The molecule has 5 nitrogen and oxygen atoms in total. The van der Waals surface area contributed by atoms with Crippen LogP contribution in [0.3, 0.4) is 0 Å². The summed E-state index contributed by atoms with van der Waals surface area (Å²) >= 11 is 0. The number of rotatable bonds is 0. The largest absolute Gasteiger partial charge is 0.442 e. The molecule has 0 saturated carbocycles. The number of nitrogens with two attached hydrogens (primary N) is 1. The zero-order valence-corrected chi connectivity index (χ0v) is 10.2. The molecule has 0 radical (unpaired) electrons. The van der Waals surface area contributed by atoms with E-state index in [1.165, 1.54) is 0 Å². The molecule has 0 aliphatic carbocycles. The molecule has 0 bridgehead atoms. The first-order valence-electron chi connectivity index (χ1n) is 4.91. The lowest BCUT2D eigenvalue weighted by molar-refractivity contribution is 0.0607. The Hall–Kier alpha value is -0.620. The van der Waals surface area contributed by atoms with E-state index in [1.54, 1.807) is 20.8 Å². The second-order valence-corrected chi connectivity index (χ2v) is 7.23. The highest BCUT2D eigenvalue weighted by Crippen LogP contribution is 2.15. The smallest absolute Gasteiger partial charge is 0.442 e. The van der Waals surface area contributed by atoms with E-state index in [9.17, 15) is 9.00 Å². The molecule has 15 heavy (non-hydrogen) atoms. The Bertz CT molecular complexity index is 364. The number of ether oxygens (including phenoxy) is 1. The molecule has 1 amide bonds. The highest BCUT2D eigenvalue weighted by Gasteiger charge is 2.26. The fourth-order valence-corrected chi connectivity index (χ4v) is 3.48. The van der Waals surface area contributed by atoms with Gasteiger partial charge in [0, 0.05) is 17.5 Å². The molecular weight excluding hydrogens is 216 g/mol. The Labute approximate surface area is 90.5 Å². The van der Waals surface area contributed by atoms with E-state index in [2.05, 4.69) is 4.36 Å². The number of carbonyl (C=O) groups is 1. The Morgan fingerprint density at radius 3 is 2.53 bits per heavy atom. The molecule has 1 aliphatic rings. The van der Waals surface area contributed by atoms with Crippen LogP contribution in [0.4, 0.5) is 4.79 Å². The first-order chi connectivity index (χ1) is 6.70. The summed E-state index contributed by atoms with van der Waals surface area (Å²) in [5.74, 6) is 0.694. The van der Waals surface area contributed by atoms with Crippen LogP contribution in [0.25, 0.3) is 0 Å². The lowest BCUT2D eigenvalue weighted by Crippen LogP contribution is -2.24. The predicted octanol–water partition coefficient (Wildman–Crippen LogP) is 1.12. The lowest BCUT2D eigenvalue weighted by atomic mass is 10.2. The van der Waals surface area contributed by atoms with Crippen molar-refractivity contribution in [3.05, 3.63) is 0 Å². The molecule has 0 aromatic carbocycles. The van der Waals surface area contributed by atoms with Crippen molar-refractivity contribution in [1.82, 2.24) is 0 Å². The van der Waals surface area contributed by atoms with Gasteiger partial charge in [0.15, 0.2) is 0 Å². The van der Waals surface area contributed by atoms with Gasteiger partial charge in [-0.15, -0.1) is 4.36 Å². The van der Waals surface area contributed by atoms with Crippen LogP contribution in [-0.4, -0.2) is 33.5 Å². The molecule has 1 fully saturated rings. The standard InChI is InChI=1S/C9H18N2O3S/c1-9(2,3)14-8(12)11-15(13)5-4-7(10)6-15/h7H,4-6,10H2,1-3H3. The van der Waals surface area contributed by atoms with Gasteiger partial charge in [-0.25, -0.2) is 9.00 Å². The third-order valence-electron chi connectivity index (χ3n) is 1.92. The minimum absolute atomic E-state index is 0.108. The topological polar surface area (TPSA) is 81.8 Å². The van der Waals surface area contributed by atoms with Gasteiger partial charge in [-0.3, -0.25) is 0 Å². The monoisotopic (exact) mass is 234 g/mol. The highest BCUT2D eigenvalue weighted by atomic mass is 32.2. The van der Waals surface area contributed by atoms with Gasteiger partial charge in [-0.2, -0.15) is 0 Å². The zero-order chi connectivity index (χ0) is 11.7. The van der Waals surface area contributed by atoms with Gasteiger partial charge in [0.1, 0.15) is 5.60 Å². The van der Waals surface area contributed by atoms with Crippen LogP contribution in [0.15, 0.2) is 4.36 Å². The molecule has 0 aromatic heterocycles. The second kappa shape index (κ2) is 4.09. The van der Waals surface area contributed by atoms with Crippen molar-refractivity contribution in [1.29, 1.82) is 0 Å². The first-order valence-corrected chi connectivity index (χ1v) is 6.77. The van der Waals surface area contributed by atoms with Gasteiger partial charge in [-0.1, -0.05) is 0 Å². The van der Waals surface area contributed by atoms with E-state index in [1.807, 2.05) is 0 Å². The Kier molecular flexibility index (Phi) is 3.40. The maximum atomic E-state index is 11.9. The maximum Gasteiger partial charge on any atom is 0.442 e. The Balaban J connectivity index is 2.72. The van der Waals surface area contributed by atoms with E-state index in [0.29, 0.717) is 17.9 Å². The van der Waals surface area contributed by atoms with Crippen molar-refractivity contribution in [3.8, 4) is 0 Å². The van der Waals surface area contributed by atoms with Crippen LogP contribution in [0.2, 0.25) is 0 Å². The van der Waals surface area contributed by atoms with Crippen molar-refractivity contribution >= 4 is 15.8 Å². The van der Waals surface area contributed by atoms with Gasteiger partial charge in [0.2, 0.25) is 0 Å². The predicted molar refractivity (Wildman–Crippen MR) is 59.1 cm³/mol. The van der Waals surface area contributed by atoms with Crippen molar-refractivity contribution in [3.63, 3.8) is 0 Å². The van der Waals surface area contributed by atoms with E-state index >= 15 is 0 Å². The van der Waals surface area contributed by atoms with E-state index in [0.717, 1.165) is 0 Å². The molecule has 6 heteroatoms. The zero-order valence-electron chi connectivity index (χ0n) is 9.36. The normalized spacial score (nSPS) is 31.3. The third-order valence-corrected chi connectivity index (χ3v) is 4.22. The molecule has 1 heterocycles. The minimum atomic E-state index is -2.45. The van der Waals surface area contributed by atoms with Crippen LogP contribution >= 0.6 is 0 Å². The molecule has 0 aromatic rings.